The predicted octanol–water partition coefficient (Wildman–Crippen LogP) is 1.33. The van der Waals surface area contributed by atoms with Crippen LogP contribution in [0.1, 0.15) is 12.5 Å². The summed E-state index contributed by atoms with van der Waals surface area (Å²) in [7, 11) is 0. The summed E-state index contributed by atoms with van der Waals surface area (Å²) in [5.74, 6) is -0.244. The minimum Gasteiger partial charge on any atom is -0.368 e. The number of hydrogen-bond donors (Lipinski definition) is 1. The fraction of sp³-hybridized carbons (Fsp3) is 0.500. The van der Waals surface area contributed by atoms with Crippen molar-refractivity contribution in [2.24, 2.45) is 5.73 Å². The number of amides is 1. The van der Waals surface area contributed by atoms with Crippen LogP contribution in [0.15, 0.2) is 24.3 Å². The van der Waals surface area contributed by atoms with Crippen molar-refractivity contribution in [2.75, 3.05) is 26.2 Å². The molecule has 1 aliphatic rings. The van der Waals surface area contributed by atoms with Gasteiger partial charge in [0.25, 0.3) is 0 Å². The van der Waals surface area contributed by atoms with Crippen molar-refractivity contribution in [1.29, 1.82) is 0 Å². The summed E-state index contributed by atoms with van der Waals surface area (Å²) < 4.78 is 0. The maximum Gasteiger partial charge on any atom is 0.234 e. The second-order valence-electron chi connectivity index (χ2n) is 5.02. The summed E-state index contributed by atoms with van der Waals surface area (Å²) >= 11 is 5.87. The molecule has 1 aromatic carbocycles. The molecule has 1 amide bonds. The van der Waals surface area contributed by atoms with Crippen LogP contribution in [0, 0.1) is 0 Å². The number of nitrogens with zero attached hydrogens (tertiary/aromatic N) is 2. The summed E-state index contributed by atoms with van der Waals surface area (Å²) in [6.07, 6.45) is 0. The second kappa shape index (κ2) is 6.37. The predicted molar refractivity (Wildman–Crippen MR) is 77.0 cm³/mol. The molecule has 104 valence electrons. The number of benzene rings is 1. The fourth-order valence-corrected chi connectivity index (χ4v) is 2.46. The van der Waals surface area contributed by atoms with Crippen molar-refractivity contribution in [3.8, 4) is 0 Å². The van der Waals surface area contributed by atoms with Crippen LogP contribution in [0.5, 0.6) is 0 Å². The normalized spacial score (nSPS) is 19.3. The van der Waals surface area contributed by atoms with Crippen LogP contribution in [0.2, 0.25) is 5.02 Å². The van der Waals surface area contributed by atoms with E-state index in [-0.39, 0.29) is 11.9 Å². The van der Waals surface area contributed by atoms with E-state index in [0.29, 0.717) is 0 Å². The van der Waals surface area contributed by atoms with E-state index in [9.17, 15) is 4.79 Å². The lowest BCUT2D eigenvalue weighted by Crippen LogP contribution is -2.52. The number of hydrogen-bond acceptors (Lipinski definition) is 3. The van der Waals surface area contributed by atoms with E-state index < -0.39 is 0 Å². The van der Waals surface area contributed by atoms with Crippen molar-refractivity contribution >= 4 is 17.5 Å². The minimum absolute atomic E-state index is 0.169. The lowest BCUT2D eigenvalue weighted by atomic mass is 10.1. The van der Waals surface area contributed by atoms with Gasteiger partial charge >= 0.3 is 0 Å². The molecule has 1 aliphatic heterocycles. The van der Waals surface area contributed by atoms with Crippen LogP contribution < -0.4 is 5.73 Å². The molecule has 0 spiro atoms. The number of halogens is 1. The highest BCUT2D eigenvalue weighted by molar-refractivity contribution is 6.30. The number of carbonyl (C=O) groups is 1. The van der Waals surface area contributed by atoms with Crippen molar-refractivity contribution < 1.29 is 4.79 Å². The molecule has 2 rings (SSSR count). The van der Waals surface area contributed by atoms with Gasteiger partial charge in [-0.05, 0) is 24.6 Å². The molecule has 0 aromatic heterocycles. The van der Waals surface area contributed by atoms with Crippen LogP contribution >= 0.6 is 11.6 Å². The van der Waals surface area contributed by atoms with Gasteiger partial charge in [-0.2, -0.15) is 0 Å². The Hall–Kier alpha value is -1.10. The first-order valence-electron chi connectivity index (χ1n) is 6.56. The molecule has 1 aromatic rings. The molecule has 0 aliphatic carbocycles. The van der Waals surface area contributed by atoms with Gasteiger partial charge in [-0.15, -0.1) is 0 Å². The number of nitrogens with two attached hydrogens (primary N) is 1. The summed E-state index contributed by atoms with van der Waals surface area (Å²) in [6, 6.07) is 7.78. The Morgan fingerprint density at radius 2 is 1.84 bits per heavy atom. The number of primary amides is 1. The molecule has 0 saturated carbocycles. The molecule has 1 atom stereocenters. The maximum atomic E-state index is 11.2. The monoisotopic (exact) mass is 281 g/mol. The van der Waals surface area contributed by atoms with Crippen molar-refractivity contribution in [3.63, 3.8) is 0 Å². The summed E-state index contributed by atoms with van der Waals surface area (Å²) in [5.41, 5.74) is 6.60. The zero-order chi connectivity index (χ0) is 13.8. The molecule has 2 N–H and O–H groups in total. The average molecular weight is 282 g/mol. The van der Waals surface area contributed by atoms with Gasteiger partial charge in [0.15, 0.2) is 0 Å². The van der Waals surface area contributed by atoms with Gasteiger partial charge < -0.3 is 5.73 Å². The molecule has 1 saturated heterocycles. The van der Waals surface area contributed by atoms with Crippen LogP contribution in [0.25, 0.3) is 0 Å². The molecule has 0 unspecified atom stereocenters. The van der Waals surface area contributed by atoms with Crippen LogP contribution in [0.4, 0.5) is 0 Å². The van der Waals surface area contributed by atoms with Gasteiger partial charge in [-0.3, -0.25) is 14.6 Å². The second-order valence-corrected chi connectivity index (χ2v) is 5.45. The summed E-state index contributed by atoms with van der Waals surface area (Å²) in [6.45, 7) is 6.49. The molecule has 5 heteroatoms. The first-order valence-corrected chi connectivity index (χ1v) is 6.94. The van der Waals surface area contributed by atoms with Crippen LogP contribution in [-0.4, -0.2) is 47.9 Å². The van der Waals surface area contributed by atoms with Crippen molar-refractivity contribution in [3.05, 3.63) is 34.9 Å². The molecular weight excluding hydrogens is 262 g/mol. The Morgan fingerprint density at radius 1 is 1.26 bits per heavy atom. The Labute approximate surface area is 119 Å². The molecule has 4 nitrogen and oxygen atoms in total. The Balaban J connectivity index is 1.83. The third-order valence-corrected chi connectivity index (χ3v) is 3.94. The highest BCUT2D eigenvalue weighted by Crippen LogP contribution is 2.13. The summed E-state index contributed by atoms with van der Waals surface area (Å²) in [5, 5.41) is 0.767. The molecule has 0 radical (unpaired) electrons. The van der Waals surface area contributed by atoms with Crippen LogP contribution in [-0.2, 0) is 11.3 Å². The molecular formula is C14H20ClN3O. The Bertz CT molecular complexity index is 427. The van der Waals surface area contributed by atoms with Gasteiger partial charge in [0.2, 0.25) is 5.91 Å². The zero-order valence-electron chi connectivity index (χ0n) is 11.2. The van der Waals surface area contributed by atoms with Gasteiger partial charge in [0, 0.05) is 37.7 Å². The lowest BCUT2D eigenvalue weighted by Gasteiger charge is -2.36. The van der Waals surface area contributed by atoms with Crippen molar-refractivity contribution in [1.82, 2.24) is 9.80 Å². The van der Waals surface area contributed by atoms with E-state index in [2.05, 4.69) is 21.9 Å². The fourth-order valence-electron chi connectivity index (χ4n) is 2.34. The maximum absolute atomic E-state index is 11.2. The zero-order valence-corrected chi connectivity index (χ0v) is 11.9. The molecule has 1 heterocycles. The van der Waals surface area contributed by atoms with E-state index in [1.165, 1.54) is 5.56 Å². The third-order valence-electron chi connectivity index (χ3n) is 3.69. The number of piperazine rings is 1. The van der Waals surface area contributed by atoms with Crippen LogP contribution in [0.3, 0.4) is 0 Å². The summed E-state index contributed by atoms with van der Waals surface area (Å²) in [4.78, 5) is 15.7. The molecule has 1 fully saturated rings. The topological polar surface area (TPSA) is 49.6 Å². The van der Waals surface area contributed by atoms with Gasteiger partial charge in [-0.1, -0.05) is 23.7 Å². The Kier molecular flexibility index (Phi) is 4.80. The van der Waals surface area contributed by atoms with Crippen molar-refractivity contribution in [2.45, 2.75) is 19.5 Å². The average Bonchev–Trinajstić information content (AvgIpc) is 2.41. The quantitative estimate of drug-likeness (QED) is 0.906. The minimum atomic E-state index is -0.244. The SMILES string of the molecule is C[C@H](C(N)=O)N1CCN(Cc2ccc(Cl)cc2)CC1. The van der Waals surface area contributed by atoms with Gasteiger partial charge in [0.05, 0.1) is 6.04 Å². The largest absolute Gasteiger partial charge is 0.368 e. The first kappa shape index (κ1) is 14.3. The van der Waals surface area contributed by atoms with Gasteiger partial charge in [-0.25, -0.2) is 0 Å². The van der Waals surface area contributed by atoms with E-state index in [1.807, 2.05) is 19.1 Å². The number of carbonyl (C=O) groups excluding carboxylic acids is 1. The molecule has 19 heavy (non-hydrogen) atoms. The Morgan fingerprint density at radius 3 is 2.37 bits per heavy atom. The van der Waals surface area contributed by atoms with E-state index in [4.69, 9.17) is 17.3 Å². The highest BCUT2D eigenvalue weighted by atomic mass is 35.5. The lowest BCUT2D eigenvalue weighted by molar-refractivity contribution is -0.123. The third kappa shape index (κ3) is 3.93. The van der Waals surface area contributed by atoms with E-state index in [0.717, 1.165) is 37.7 Å². The standard InChI is InChI=1S/C14H20ClN3O/c1-11(14(16)19)18-8-6-17(7-9-18)10-12-2-4-13(15)5-3-12/h2-5,11H,6-10H2,1H3,(H2,16,19)/t11-/m1/s1. The first-order chi connectivity index (χ1) is 9.06. The van der Waals surface area contributed by atoms with E-state index >= 15 is 0 Å². The molecule has 0 bridgehead atoms. The van der Waals surface area contributed by atoms with E-state index in [1.54, 1.807) is 0 Å². The van der Waals surface area contributed by atoms with Gasteiger partial charge in [0.1, 0.15) is 0 Å². The smallest absolute Gasteiger partial charge is 0.234 e. The highest BCUT2D eigenvalue weighted by Gasteiger charge is 2.23. The number of rotatable bonds is 4.